The van der Waals surface area contributed by atoms with Crippen LogP contribution in [0.3, 0.4) is 0 Å². The Morgan fingerprint density at radius 1 is 1.56 bits per heavy atom. The summed E-state index contributed by atoms with van der Waals surface area (Å²) in [6.07, 6.45) is 2.69. The predicted molar refractivity (Wildman–Crippen MR) is 74.7 cm³/mol. The van der Waals surface area contributed by atoms with Gasteiger partial charge in [-0.25, -0.2) is 0 Å². The van der Waals surface area contributed by atoms with E-state index in [-0.39, 0.29) is 0 Å². The van der Waals surface area contributed by atoms with E-state index >= 15 is 0 Å². The molecular formula is C11H22N2OS2. The number of hydrogen-bond donors (Lipinski definition) is 1. The Balaban J connectivity index is 2.32. The molecule has 0 spiro atoms. The maximum atomic E-state index is 11.0. The number of amidine groups is 1. The molecule has 1 heterocycles. The Kier molecular flexibility index (Phi) is 5.83. The molecule has 1 aliphatic rings. The molecular weight excluding hydrogens is 240 g/mol. The molecule has 0 aliphatic carbocycles. The average molecular weight is 262 g/mol. The molecule has 0 saturated heterocycles. The first-order valence-electron chi connectivity index (χ1n) is 5.76. The Morgan fingerprint density at radius 2 is 2.25 bits per heavy atom. The normalized spacial score (nSPS) is 24.3. The fourth-order valence-electron chi connectivity index (χ4n) is 1.44. The van der Waals surface area contributed by atoms with E-state index in [1.54, 1.807) is 18.0 Å². The molecule has 0 fully saturated rings. The molecule has 3 unspecified atom stereocenters. The minimum Gasteiger partial charge on any atom is -0.362 e. The lowest BCUT2D eigenvalue weighted by Crippen LogP contribution is -2.31. The summed E-state index contributed by atoms with van der Waals surface area (Å²) in [4.78, 5) is 4.65. The van der Waals surface area contributed by atoms with Crippen molar-refractivity contribution in [1.29, 1.82) is 0 Å². The number of hydrogen-bond acceptors (Lipinski definition) is 4. The lowest BCUT2D eigenvalue weighted by Gasteiger charge is -2.13. The zero-order valence-corrected chi connectivity index (χ0v) is 12.2. The van der Waals surface area contributed by atoms with Gasteiger partial charge in [-0.3, -0.25) is 9.20 Å². The van der Waals surface area contributed by atoms with E-state index in [0.717, 1.165) is 23.1 Å². The summed E-state index contributed by atoms with van der Waals surface area (Å²) >= 11 is 1.80. The highest BCUT2D eigenvalue weighted by Crippen LogP contribution is 2.22. The van der Waals surface area contributed by atoms with Gasteiger partial charge in [0.15, 0.2) is 5.17 Å². The van der Waals surface area contributed by atoms with Gasteiger partial charge < -0.3 is 5.32 Å². The van der Waals surface area contributed by atoms with Crippen LogP contribution in [-0.2, 0) is 10.8 Å². The largest absolute Gasteiger partial charge is 0.362 e. The van der Waals surface area contributed by atoms with Crippen LogP contribution in [0, 0.1) is 5.92 Å². The van der Waals surface area contributed by atoms with Crippen LogP contribution >= 0.6 is 11.8 Å². The summed E-state index contributed by atoms with van der Waals surface area (Å²) in [5.41, 5.74) is 0. The molecule has 0 aromatic rings. The van der Waals surface area contributed by atoms with Crippen molar-refractivity contribution >= 4 is 27.7 Å². The summed E-state index contributed by atoms with van der Waals surface area (Å²) in [5, 5.41) is 4.46. The van der Waals surface area contributed by atoms with E-state index in [1.807, 2.05) is 0 Å². The van der Waals surface area contributed by atoms with Gasteiger partial charge in [-0.15, -0.1) is 0 Å². The zero-order chi connectivity index (χ0) is 12.1. The molecule has 1 aliphatic heterocycles. The molecule has 0 aromatic carbocycles. The van der Waals surface area contributed by atoms with Crippen molar-refractivity contribution in [2.45, 2.75) is 39.3 Å². The maximum absolute atomic E-state index is 11.0. The van der Waals surface area contributed by atoms with Crippen molar-refractivity contribution in [3.63, 3.8) is 0 Å². The first kappa shape index (κ1) is 14.0. The first-order chi connectivity index (χ1) is 7.49. The fourth-order valence-corrected chi connectivity index (χ4v) is 3.40. The van der Waals surface area contributed by atoms with Crippen LogP contribution in [0.2, 0.25) is 0 Å². The number of nitrogens with zero attached hydrogens (tertiary/aromatic N) is 1. The molecule has 3 nitrogen and oxygen atoms in total. The molecule has 5 heteroatoms. The topological polar surface area (TPSA) is 41.5 Å². The van der Waals surface area contributed by atoms with Crippen molar-refractivity contribution in [1.82, 2.24) is 5.32 Å². The number of rotatable bonds is 5. The Labute approximate surface area is 105 Å². The third kappa shape index (κ3) is 4.87. The van der Waals surface area contributed by atoms with Crippen molar-refractivity contribution < 1.29 is 4.21 Å². The molecule has 94 valence electrons. The Bertz CT molecular complexity index is 279. The third-order valence-corrected chi connectivity index (χ3v) is 4.47. The minimum absolute atomic E-state index is 0.362. The molecule has 0 aromatic heterocycles. The minimum atomic E-state index is -0.690. The first-order valence-corrected chi connectivity index (χ1v) is 8.47. The Hall–Kier alpha value is -0.0300. The van der Waals surface area contributed by atoms with E-state index in [1.165, 1.54) is 0 Å². The van der Waals surface area contributed by atoms with Crippen LogP contribution in [0.5, 0.6) is 0 Å². The highest BCUT2D eigenvalue weighted by molar-refractivity contribution is 8.14. The second-order valence-electron chi connectivity index (χ2n) is 4.67. The van der Waals surface area contributed by atoms with Crippen LogP contribution < -0.4 is 5.32 Å². The van der Waals surface area contributed by atoms with Gasteiger partial charge in [0.05, 0.1) is 6.04 Å². The molecule has 0 bridgehead atoms. The van der Waals surface area contributed by atoms with Gasteiger partial charge in [-0.1, -0.05) is 25.6 Å². The summed E-state index contributed by atoms with van der Waals surface area (Å²) in [5.74, 6) is 2.47. The van der Waals surface area contributed by atoms with Gasteiger partial charge in [0.25, 0.3) is 0 Å². The van der Waals surface area contributed by atoms with Crippen LogP contribution in [0.15, 0.2) is 4.99 Å². The lowest BCUT2D eigenvalue weighted by molar-refractivity contribution is 0.540. The van der Waals surface area contributed by atoms with E-state index in [9.17, 15) is 4.21 Å². The molecule has 1 rings (SSSR count). The summed E-state index contributed by atoms with van der Waals surface area (Å²) in [7, 11) is -0.690. The highest BCUT2D eigenvalue weighted by Gasteiger charge is 2.21. The monoisotopic (exact) mass is 262 g/mol. The van der Waals surface area contributed by atoms with Crippen LogP contribution in [0.25, 0.3) is 0 Å². The van der Waals surface area contributed by atoms with Gasteiger partial charge in [0.2, 0.25) is 0 Å². The predicted octanol–water partition coefficient (Wildman–Crippen LogP) is 1.86. The molecule has 0 radical (unpaired) electrons. The van der Waals surface area contributed by atoms with Crippen LogP contribution in [0.4, 0.5) is 0 Å². The fraction of sp³-hybridized carbons (Fsp3) is 0.909. The van der Waals surface area contributed by atoms with Gasteiger partial charge >= 0.3 is 0 Å². The second-order valence-corrected chi connectivity index (χ2v) is 7.23. The maximum Gasteiger partial charge on any atom is 0.157 e. The summed E-state index contributed by atoms with van der Waals surface area (Å²) in [6, 6.07) is 0.820. The number of aliphatic imine (C=N–C) groups is 1. The van der Waals surface area contributed by atoms with E-state index in [2.05, 4.69) is 31.1 Å². The SMILES string of the molecule is CC(CCS(C)=O)NC1=NC(C(C)C)CS1. The van der Waals surface area contributed by atoms with Crippen LogP contribution in [0.1, 0.15) is 27.2 Å². The van der Waals surface area contributed by atoms with E-state index in [4.69, 9.17) is 0 Å². The Morgan fingerprint density at radius 3 is 2.75 bits per heavy atom. The zero-order valence-electron chi connectivity index (χ0n) is 10.5. The highest BCUT2D eigenvalue weighted by atomic mass is 32.2. The van der Waals surface area contributed by atoms with Gasteiger partial charge in [0, 0.05) is 34.6 Å². The second kappa shape index (κ2) is 6.64. The average Bonchev–Trinajstić information content (AvgIpc) is 2.63. The van der Waals surface area contributed by atoms with Crippen molar-refractivity contribution in [3.8, 4) is 0 Å². The molecule has 16 heavy (non-hydrogen) atoms. The molecule has 0 amide bonds. The molecule has 3 atom stereocenters. The van der Waals surface area contributed by atoms with Gasteiger partial charge in [-0.2, -0.15) is 0 Å². The lowest BCUT2D eigenvalue weighted by atomic mass is 10.1. The van der Waals surface area contributed by atoms with Gasteiger partial charge in [-0.05, 0) is 19.3 Å². The van der Waals surface area contributed by atoms with Crippen molar-refractivity contribution in [3.05, 3.63) is 0 Å². The van der Waals surface area contributed by atoms with Gasteiger partial charge in [0.1, 0.15) is 0 Å². The summed E-state index contributed by atoms with van der Waals surface area (Å²) < 4.78 is 11.0. The van der Waals surface area contributed by atoms with Crippen LogP contribution in [-0.4, -0.2) is 39.2 Å². The third-order valence-electron chi connectivity index (χ3n) is 2.65. The number of nitrogens with one attached hydrogen (secondary N) is 1. The quantitative estimate of drug-likeness (QED) is 0.822. The van der Waals surface area contributed by atoms with Crippen molar-refractivity contribution in [2.75, 3.05) is 17.8 Å². The molecule has 1 N–H and O–H groups in total. The smallest absolute Gasteiger partial charge is 0.157 e. The summed E-state index contributed by atoms with van der Waals surface area (Å²) in [6.45, 7) is 6.54. The van der Waals surface area contributed by atoms with E-state index in [0.29, 0.717) is 18.0 Å². The molecule has 0 saturated carbocycles. The standard InChI is InChI=1S/C11H22N2OS2/c1-8(2)10-7-15-11(13-10)12-9(3)5-6-16(4)14/h8-10H,5-7H2,1-4H3,(H,12,13). The van der Waals surface area contributed by atoms with E-state index < -0.39 is 10.8 Å². The van der Waals surface area contributed by atoms with Crippen molar-refractivity contribution in [2.24, 2.45) is 10.9 Å². The number of thioether (sulfide) groups is 1.